The predicted molar refractivity (Wildman–Crippen MR) is 70.4 cm³/mol. The normalized spacial score (nSPS) is 32.0. The van der Waals surface area contributed by atoms with E-state index in [4.69, 9.17) is 0 Å². The highest BCUT2D eigenvalue weighted by atomic mass is 16.2. The van der Waals surface area contributed by atoms with Crippen LogP contribution in [0, 0.1) is 62.1 Å². The maximum atomic E-state index is 12.3. The molecule has 0 saturated carbocycles. The summed E-state index contributed by atoms with van der Waals surface area (Å²) in [5.41, 5.74) is -4.44. The van der Waals surface area contributed by atoms with Gasteiger partial charge in [-0.15, -0.1) is 0 Å². The summed E-state index contributed by atoms with van der Waals surface area (Å²) in [4.78, 5) is 13.6. The van der Waals surface area contributed by atoms with Crippen LogP contribution in [0.5, 0.6) is 0 Å². The Labute approximate surface area is 123 Å². The number of fused-ring (bicyclic) bond motifs is 3. The van der Waals surface area contributed by atoms with Gasteiger partial charge in [-0.3, -0.25) is 4.79 Å². The molecule has 0 aromatic heterocycles. The van der Waals surface area contributed by atoms with Crippen LogP contribution in [0.3, 0.4) is 0 Å². The molecule has 6 nitrogen and oxygen atoms in total. The average molecular weight is 279 g/mol. The summed E-state index contributed by atoms with van der Waals surface area (Å²) in [7, 11) is 1.50. The van der Waals surface area contributed by atoms with Gasteiger partial charge in [0.05, 0.1) is 29.8 Å². The summed E-state index contributed by atoms with van der Waals surface area (Å²) in [5, 5.41) is 38.7. The Morgan fingerprint density at radius 2 is 1.71 bits per heavy atom. The second-order valence-electron chi connectivity index (χ2n) is 5.75. The Hall–Kier alpha value is -2.83. The highest BCUT2D eigenvalue weighted by Gasteiger charge is 2.73. The first kappa shape index (κ1) is 14.6. The van der Waals surface area contributed by atoms with Crippen LogP contribution in [0.25, 0.3) is 0 Å². The van der Waals surface area contributed by atoms with Crippen LogP contribution < -0.4 is 0 Å². The Bertz CT molecular complexity index is 695. The molecule has 0 unspecified atom stereocenters. The van der Waals surface area contributed by atoms with E-state index < -0.39 is 22.3 Å². The third kappa shape index (κ3) is 1.25. The highest BCUT2D eigenvalue weighted by molar-refractivity contribution is 5.81. The molecule has 0 aromatic rings. The number of rotatable bonds is 0. The molecule has 6 heteroatoms. The number of nitrogens with zero attached hydrogens (tertiary/aromatic N) is 5. The van der Waals surface area contributed by atoms with Crippen molar-refractivity contribution in [3.8, 4) is 24.3 Å². The zero-order valence-electron chi connectivity index (χ0n) is 12.0. The second-order valence-corrected chi connectivity index (χ2v) is 5.75. The largest absolute Gasteiger partial charge is 0.334 e. The van der Waals surface area contributed by atoms with Gasteiger partial charge >= 0.3 is 0 Å². The molecule has 2 atom stereocenters. The van der Waals surface area contributed by atoms with Crippen molar-refractivity contribution in [2.45, 2.75) is 25.8 Å². The SMILES string of the molecule is CC1=C[C@@]2(C)N(C)C(=O)C[C@H]1C(C#N)(C#N)C2(C#N)C#N. The summed E-state index contributed by atoms with van der Waals surface area (Å²) in [6.07, 6.45) is 1.63. The van der Waals surface area contributed by atoms with Crippen LogP contribution in [-0.2, 0) is 4.79 Å². The molecule has 1 amide bonds. The Balaban J connectivity index is 3.03. The highest BCUT2D eigenvalue weighted by Crippen LogP contribution is 2.61. The van der Waals surface area contributed by atoms with Gasteiger partial charge in [0.15, 0.2) is 5.41 Å². The van der Waals surface area contributed by atoms with Crippen LogP contribution in [0.2, 0.25) is 0 Å². The topological polar surface area (TPSA) is 115 Å². The first-order chi connectivity index (χ1) is 9.80. The molecule has 3 aliphatic rings. The lowest BCUT2D eigenvalue weighted by atomic mass is 9.48. The quantitative estimate of drug-likeness (QED) is 0.619. The van der Waals surface area contributed by atoms with Crippen LogP contribution >= 0.6 is 0 Å². The number of carbonyl (C=O) groups is 1. The zero-order valence-corrected chi connectivity index (χ0v) is 12.0. The first-order valence-electron chi connectivity index (χ1n) is 6.41. The number of amides is 1. The van der Waals surface area contributed by atoms with Crippen molar-refractivity contribution in [1.82, 2.24) is 4.90 Å². The molecule has 0 radical (unpaired) electrons. The molecule has 1 fully saturated rings. The molecule has 0 N–H and O–H groups in total. The van der Waals surface area contributed by atoms with Crippen molar-refractivity contribution in [1.29, 1.82) is 21.0 Å². The smallest absolute Gasteiger partial charge is 0.223 e. The molecular formula is C15H13N5O. The van der Waals surface area contributed by atoms with E-state index in [1.54, 1.807) is 19.9 Å². The van der Waals surface area contributed by atoms with Gasteiger partial charge in [-0.25, -0.2) is 0 Å². The third-order valence-corrected chi connectivity index (χ3v) is 5.07. The van der Waals surface area contributed by atoms with Gasteiger partial charge in [-0.1, -0.05) is 11.6 Å². The Morgan fingerprint density at radius 3 is 2.14 bits per heavy atom. The van der Waals surface area contributed by atoms with Gasteiger partial charge in [-0.05, 0) is 13.8 Å². The van der Waals surface area contributed by atoms with Crippen LogP contribution in [-0.4, -0.2) is 23.4 Å². The van der Waals surface area contributed by atoms with E-state index in [2.05, 4.69) is 0 Å². The minimum atomic E-state index is -1.94. The van der Waals surface area contributed by atoms with E-state index in [-0.39, 0.29) is 12.3 Å². The van der Waals surface area contributed by atoms with Gasteiger partial charge in [0, 0.05) is 19.4 Å². The number of nitriles is 4. The molecular weight excluding hydrogens is 266 g/mol. The van der Waals surface area contributed by atoms with E-state index in [1.165, 1.54) is 11.9 Å². The van der Waals surface area contributed by atoms with E-state index >= 15 is 0 Å². The molecule has 2 bridgehead atoms. The van der Waals surface area contributed by atoms with Crippen molar-refractivity contribution in [2.75, 3.05) is 7.05 Å². The summed E-state index contributed by atoms with van der Waals surface area (Å²) >= 11 is 0. The molecule has 0 spiro atoms. The van der Waals surface area contributed by atoms with Crippen molar-refractivity contribution in [2.24, 2.45) is 16.7 Å². The van der Waals surface area contributed by atoms with E-state index in [9.17, 15) is 25.8 Å². The van der Waals surface area contributed by atoms with E-state index in [0.717, 1.165) is 0 Å². The molecule has 2 aliphatic heterocycles. The van der Waals surface area contributed by atoms with Gasteiger partial charge in [0.2, 0.25) is 11.3 Å². The maximum absolute atomic E-state index is 12.3. The summed E-state index contributed by atoms with van der Waals surface area (Å²) in [5.74, 6) is -1.03. The zero-order chi connectivity index (χ0) is 16.1. The third-order valence-electron chi connectivity index (χ3n) is 5.07. The lowest BCUT2D eigenvalue weighted by Crippen LogP contribution is -2.63. The van der Waals surface area contributed by atoms with Gasteiger partial charge in [0.25, 0.3) is 0 Å². The van der Waals surface area contributed by atoms with Crippen LogP contribution in [0.15, 0.2) is 11.6 Å². The lowest BCUT2D eigenvalue weighted by Gasteiger charge is -2.50. The Morgan fingerprint density at radius 1 is 1.19 bits per heavy atom. The fraction of sp³-hybridized carbons (Fsp3) is 0.533. The fourth-order valence-electron chi connectivity index (χ4n) is 3.66. The molecule has 21 heavy (non-hydrogen) atoms. The number of likely N-dealkylation sites (N-methyl/N-ethyl adjacent to an activating group) is 1. The number of allylic oxidation sites excluding steroid dienone is 1. The van der Waals surface area contributed by atoms with Crippen molar-refractivity contribution in [3.05, 3.63) is 11.6 Å². The molecule has 1 aliphatic carbocycles. The molecule has 3 rings (SSSR count). The first-order valence-corrected chi connectivity index (χ1v) is 6.41. The Kier molecular flexibility index (Phi) is 2.83. The standard InChI is InChI=1S/C15H13N5O/c1-10-5-13(2)15(8-18,9-19)14(6-16,7-17)11(10)4-12(21)20(13)3/h5,11H,4H2,1-3H3/t11-,13-/m1/s1. The molecule has 0 aromatic carbocycles. The molecule has 104 valence electrons. The maximum Gasteiger partial charge on any atom is 0.223 e. The van der Waals surface area contributed by atoms with Gasteiger partial charge < -0.3 is 4.90 Å². The molecule has 1 saturated heterocycles. The van der Waals surface area contributed by atoms with E-state index in [0.29, 0.717) is 5.57 Å². The average Bonchev–Trinajstić information content (AvgIpc) is 2.59. The summed E-state index contributed by atoms with van der Waals surface area (Å²) < 4.78 is 0. The van der Waals surface area contributed by atoms with Crippen molar-refractivity contribution >= 4 is 5.91 Å². The predicted octanol–water partition coefficient (Wildman–Crippen LogP) is 1.25. The fourth-order valence-corrected chi connectivity index (χ4v) is 3.66. The second kappa shape index (κ2) is 4.08. The number of carbonyl (C=O) groups excluding carboxylic acids is 1. The van der Waals surface area contributed by atoms with Crippen molar-refractivity contribution < 1.29 is 4.79 Å². The number of hydrogen-bond acceptors (Lipinski definition) is 5. The van der Waals surface area contributed by atoms with Crippen LogP contribution in [0.4, 0.5) is 0 Å². The van der Waals surface area contributed by atoms with Crippen LogP contribution in [0.1, 0.15) is 20.3 Å². The molecule has 2 heterocycles. The van der Waals surface area contributed by atoms with Gasteiger partial charge in [0.1, 0.15) is 0 Å². The monoisotopic (exact) mass is 279 g/mol. The van der Waals surface area contributed by atoms with E-state index in [1.807, 2.05) is 24.3 Å². The summed E-state index contributed by atoms with van der Waals surface area (Å²) in [6.45, 7) is 3.29. The minimum absolute atomic E-state index is 0.0549. The van der Waals surface area contributed by atoms with Crippen molar-refractivity contribution in [3.63, 3.8) is 0 Å². The number of hydrogen-bond donors (Lipinski definition) is 0. The summed E-state index contributed by atoms with van der Waals surface area (Å²) in [6, 6.07) is 7.60. The lowest BCUT2D eigenvalue weighted by molar-refractivity contribution is -0.134. The minimum Gasteiger partial charge on any atom is -0.334 e. The van der Waals surface area contributed by atoms with Gasteiger partial charge in [-0.2, -0.15) is 21.0 Å².